The van der Waals surface area contributed by atoms with Crippen LogP contribution < -0.4 is 0 Å². The Morgan fingerprint density at radius 2 is 1.29 bits per heavy atom. The molecule has 0 amide bonds. The van der Waals surface area contributed by atoms with Crippen molar-refractivity contribution in [3.05, 3.63) is 11.6 Å². The van der Waals surface area contributed by atoms with E-state index in [0.717, 1.165) is 68.6 Å². The van der Waals surface area contributed by atoms with Crippen LogP contribution in [0.5, 0.6) is 0 Å². The smallest absolute Gasteiger partial charge is 0.305 e. The number of esters is 4. The Kier molecular flexibility index (Phi) is 21.2. The molecule has 0 aromatic heterocycles. The summed E-state index contributed by atoms with van der Waals surface area (Å²) in [6.07, 6.45) is 25.4. The molecule has 372 valence electrons. The lowest BCUT2D eigenvalue weighted by atomic mass is 9.47. The Morgan fingerprint density at radius 1 is 0.692 bits per heavy atom. The van der Waals surface area contributed by atoms with Crippen molar-refractivity contribution in [2.24, 2.45) is 46.3 Å². The predicted octanol–water partition coefficient (Wildman–Crippen LogP) is 13.0. The number of hydrogen-bond acceptors (Lipinski definition) is 10. The molecule has 1 unspecified atom stereocenters. The number of ether oxygens (including phenoxy) is 6. The van der Waals surface area contributed by atoms with E-state index in [4.69, 9.17) is 28.4 Å². The van der Waals surface area contributed by atoms with Crippen molar-refractivity contribution in [1.29, 1.82) is 0 Å². The van der Waals surface area contributed by atoms with Crippen LogP contribution >= 0.6 is 0 Å². The maximum atomic E-state index is 13.1. The van der Waals surface area contributed by atoms with Gasteiger partial charge in [0.25, 0.3) is 0 Å². The highest BCUT2D eigenvalue weighted by Crippen LogP contribution is 2.67. The van der Waals surface area contributed by atoms with Crippen molar-refractivity contribution in [2.45, 2.75) is 260 Å². The van der Waals surface area contributed by atoms with E-state index in [2.05, 4.69) is 47.6 Å². The van der Waals surface area contributed by atoms with E-state index in [1.807, 2.05) is 0 Å². The molecule has 10 heteroatoms. The highest BCUT2D eigenvalue weighted by atomic mass is 16.7. The first-order valence-corrected chi connectivity index (χ1v) is 26.7. The van der Waals surface area contributed by atoms with E-state index in [1.54, 1.807) is 0 Å². The summed E-state index contributed by atoms with van der Waals surface area (Å²) in [5.41, 5.74) is 1.96. The Balaban J connectivity index is 1.19. The van der Waals surface area contributed by atoms with Gasteiger partial charge >= 0.3 is 23.9 Å². The molecular weight excluding hydrogens is 821 g/mol. The van der Waals surface area contributed by atoms with Gasteiger partial charge in [0.1, 0.15) is 12.7 Å². The minimum atomic E-state index is -1.24. The summed E-state index contributed by atoms with van der Waals surface area (Å²) in [4.78, 5) is 50.7. The van der Waals surface area contributed by atoms with Crippen molar-refractivity contribution >= 4 is 23.9 Å². The number of carbonyl (C=O) groups is 4. The lowest BCUT2D eigenvalue weighted by Gasteiger charge is -2.58. The summed E-state index contributed by atoms with van der Waals surface area (Å²) in [5.74, 6) is 2.22. The number of rotatable bonds is 26. The molecule has 0 aromatic rings. The second-order valence-electron chi connectivity index (χ2n) is 22.2. The third-order valence-electron chi connectivity index (χ3n) is 17.0. The van der Waals surface area contributed by atoms with Gasteiger partial charge in [-0.2, -0.15) is 0 Å². The third kappa shape index (κ3) is 14.8. The molecule has 0 bridgehead atoms. The largest absolute Gasteiger partial charge is 0.463 e. The van der Waals surface area contributed by atoms with E-state index in [1.165, 1.54) is 135 Å². The van der Waals surface area contributed by atoms with Gasteiger partial charge in [0.15, 0.2) is 24.6 Å². The van der Waals surface area contributed by atoms with Gasteiger partial charge in [-0.3, -0.25) is 19.2 Å². The van der Waals surface area contributed by atoms with Crippen LogP contribution in [0.25, 0.3) is 0 Å². The van der Waals surface area contributed by atoms with E-state index in [9.17, 15) is 19.2 Å². The second kappa shape index (κ2) is 25.8. The molecule has 0 spiro atoms. The lowest BCUT2D eigenvalue weighted by Crippen LogP contribution is -2.63. The topological polar surface area (TPSA) is 124 Å². The summed E-state index contributed by atoms with van der Waals surface area (Å²) in [7, 11) is 0. The molecule has 4 fully saturated rings. The number of fused-ring (bicyclic) bond motifs is 5. The number of hydrogen-bond donors (Lipinski definition) is 0. The molecule has 0 radical (unpaired) electrons. The van der Waals surface area contributed by atoms with Crippen molar-refractivity contribution in [3.63, 3.8) is 0 Å². The van der Waals surface area contributed by atoms with E-state index in [-0.39, 0.29) is 30.5 Å². The number of carbonyl (C=O) groups excluding carboxylic acids is 4. The molecule has 0 aromatic carbocycles. The first kappa shape index (κ1) is 53.5. The molecule has 4 aliphatic carbocycles. The predicted molar refractivity (Wildman–Crippen MR) is 255 cm³/mol. The van der Waals surface area contributed by atoms with Crippen LogP contribution in [-0.4, -0.2) is 67.3 Å². The van der Waals surface area contributed by atoms with Gasteiger partial charge in [-0.05, 0) is 104 Å². The first-order valence-electron chi connectivity index (χ1n) is 26.7. The fourth-order valence-corrected chi connectivity index (χ4v) is 13.6. The lowest BCUT2D eigenvalue weighted by molar-refractivity contribution is -0.318. The van der Waals surface area contributed by atoms with Crippen LogP contribution in [0.2, 0.25) is 0 Å². The van der Waals surface area contributed by atoms with Crippen molar-refractivity contribution < 1.29 is 47.6 Å². The molecule has 13 atom stereocenters. The minimum Gasteiger partial charge on any atom is -0.463 e. The first-order chi connectivity index (χ1) is 31.1. The fourth-order valence-electron chi connectivity index (χ4n) is 13.6. The molecule has 5 rings (SSSR count). The average Bonchev–Trinajstić information content (AvgIpc) is 3.60. The molecule has 1 saturated heterocycles. The molecule has 65 heavy (non-hydrogen) atoms. The molecule has 10 nitrogen and oxygen atoms in total. The molecule has 1 heterocycles. The molecule has 0 N–H and O–H groups in total. The molecular formula is C55H92O10. The number of unbranched alkanes of at least 4 members (excludes halogenated alkanes) is 12. The Hall–Kier alpha value is -2.46. The maximum absolute atomic E-state index is 13.1. The van der Waals surface area contributed by atoms with Crippen LogP contribution in [0.3, 0.4) is 0 Å². The highest BCUT2D eigenvalue weighted by molar-refractivity contribution is 5.69. The van der Waals surface area contributed by atoms with Crippen LogP contribution in [0.15, 0.2) is 11.6 Å². The number of allylic oxidation sites excluding steroid dienone is 1. The van der Waals surface area contributed by atoms with Gasteiger partial charge in [-0.1, -0.05) is 150 Å². The quantitative estimate of drug-likeness (QED) is 0.0358. The molecule has 5 aliphatic rings. The maximum Gasteiger partial charge on any atom is 0.305 e. The Morgan fingerprint density at radius 3 is 1.91 bits per heavy atom. The average molecular weight is 913 g/mol. The summed E-state index contributed by atoms with van der Waals surface area (Å²) in [5, 5.41) is 0. The van der Waals surface area contributed by atoms with E-state index >= 15 is 0 Å². The van der Waals surface area contributed by atoms with Crippen LogP contribution in [0.4, 0.5) is 0 Å². The van der Waals surface area contributed by atoms with Gasteiger partial charge in [-0.15, -0.1) is 0 Å². The summed E-state index contributed by atoms with van der Waals surface area (Å²) in [6.45, 7) is 18.2. The second-order valence-corrected chi connectivity index (χ2v) is 22.2. The molecule has 3 saturated carbocycles. The van der Waals surface area contributed by atoms with Crippen molar-refractivity contribution in [1.82, 2.24) is 0 Å². The van der Waals surface area contributed by atoms with Gasteiger partial charge < -0.3 is 28.4 Å². The monoisotopic (exact) mass is 913 g/mol. The van der Waals surface area contributed by atoms with E-state index < -0.39 is 48.6 Å². The van der Waals surface area contributed by atoms with Crippen molar-refractivity contribution in [2.75, 3.05) is 6.61 Å². The zero-order valence-electron chi connectivity index (χ0n) is 42.5. The standard InChI is InChI=1S/C55H92O10/c1-10-11-12-13-14-15-16-17-18-19-20-21-22-26-49(59)60-36-48-50(61-39(5)56)51(62-40(6)57)52(63-41(7)58)53(65-48)64-43-31-33-54(8)42(35-43)27-28-44-46-30-29-45(38(4)25-23-24-37(2)3)55(46,9)34-32-47(44)54/h27,37-38,43-48,50-53H,10-26,28-36H2,1-9H3/t38-,43?,44+,45-,46+,47+,48-,50+,51+,52-,53-,54+,55-/m1/s1. The van der Waals surface area contributed by atoms with Gasteiger partial charge in [-0.25, -0.2) is 0 Å². The normalized spacial score (nSPS) is 33.5. The van der Waals surface area contributed by atoms with Crippen LogP contribution in [-0.2, 0) is 47.6 Å². The zero-order chi connectivity index (χ0) is 47.1. The minimum absolute atomic E-state index is 0.0957. The van der Waals surface area contributed by atoms with Gasteiger partial charge in [0.2, 0.25) is 0 Å². The summed E-state index contributed by atoms with van der Waals surface area (Å²) in [6, 6.07) is 0. The van der Waals surface area contributed by atoms with Gasteiger partial charge in [0, 0.05) is 27.2 Å². The summed E-state index contributed by atoms with van der Waals surface area (Å²) >= 11 is 0. The Bertz CT molecular complexity index is 1540. The molecule has 1 aliphatic heterocycles. The van der Waals surface area contributed by atoms with Crippen molar-refractivity contribution in [3.8, 4) is 0 Å². The highest BCUT2D eigenvalue weighted by Gasteiger charge is 2.60. The van der Waals surface area contributed by atoms with Gasteiger partial charge in [0.05, 0.1) is 6.10 Å². The van der Waals surface area contributed by atoms with Crippen LogP contribution in [0, 0.1) is 46.3 Å². The fraction of sp³-hybridized carbons (Fsp3) is 0.891. The summed E-state index contributed by atoms with van der Waals surface area (Å²) < 4.78 is 36.3. The third-order valence-corrected chi connectivity index (χ3v) is 17.0. The van der Waals surface area contributed by atoms with Crippen LogP contribution in [0.1, 0.15) is 223 Å². The SMILES string of the molecule is CCCCCCCCCCCCCCCC(=O)OC[C@H]1O[C@@H](OC2CC[C@@]3(C)C(=CC[C@H]4[C@@H]5CC[C@H]([C@H](C)CCCC(C)C)[C@@]5(C)CC[C@@H]43)C2)[C@H](OC(C)=O)[C@@H](OC(C)=O)[C@H]1OC(C)=O. The van der Waals surface area contributed by atoms with E-state index in [0.29, 0.717) is 17.3 Å². The Labute approximate surface area is 394 Å². The zero-order valence-corrected chi connectivity index (χ0v) is 42.5.